The Balaban J connectivity index is 1.22. The van der Waals surface area contributed by atoms with Crippen molar-refractivity contribution in [1.29, 1.82) is 0 Å². The number of aromatic nitrogens is 1. The number of nitrogens with zero attached hydrogens (tertiary/aromatic N) is 1. The second-order valence-electron chi connectivity index (χ2n) is 11.9. The molecule has 6 rings (SSSR count). The Kier molecular flexibility index (Phi) is 13.0. The summed E-state index contributed by atoms with van der Waals surface area (Å²) in [6.07, 6.45) is 1.53. The molecule has 6 aromatic rings. The van der Waals surface area contributed by atoms with Gasteiger partial charge in [-0.1, -0.05) is 54.6 Å². The number of carbonyl (C=O) groups is 3. The van der Waals surface area contributed by atoms with Gasteiger partial charge in [0.1, 0.15) is 28.2 Å². The van der Waals surface area contributed by atoms with E-state index >= 15 is 0 Å². The first-order chi connectivity index (χ1) is 26.8. The van der Waals surface area contributed by atoms with Crippen molar-refractivity contribution in [3.05, 3.63) is 155 Å². The van der Waals surface area contributed by atoms with Crippen LogP contribution in [0.4, 0.5) is 10.8 Å². The lowest BCUT2D eigenvalue weighted by Crippen LogP contribution is -2.30. The van der Waals surface area contributed by atoms with Gasteiger partial charge in [0.15, 0.2) is 5.13 Å². The van der Waals surface area contributed by atoms with Crippen LogP contribution in [-0.2, 0) is 9.59 Å². The molecule has 0 saturated carbocycles. The number of thioether (sulfide) groups is 1. The second kappa shape index (κ2) is 18.6. The number of ether oxygens (including phenoxy) is 3. The molecular formula is C43H38N4O6S2. The van der Waals surface area contributed by atoms with Crippen LogP contribution in [-0.4, -0.2) is 43.5 Å². The summed E-state index contributed by atoms with van der Waals surface area (Å²) in [5, 5.41) is 10.4. The van der Waals surface area contributed by atoms with Crippen LogP contribution in [0, 0.1) is 0 Å². The fourth-order valence-corrected chi connectivity index (χ4v) is 7.26. The van der Waals surface area contributed by atoms with Crippen molar-refractivity contribution < 1.29 is 28.6 Å². The summed E-state index contributed by atoms with van der Waals surface area (Å²) in [6.45, 7) is 2.52. The Morgan fingerprint density at radius 2 is 1.53 bits per heavy atom. The quantitative estimate of drug-likeness (QED) is 0.0697. The van der Waals surface area contributed by atoms with Gasteiger partial charge in [0.25, 0.3) is 11.8 Å². The van der Waals surface area contributed by atoms with Crippen molar-refractivity contribution in [2.45, 2.75) is 17.1 Å². The molecular weight excluding hydrogens is 733 g/mol. The predicted octanol–water partition coefficient (Wildman–Crippen LogP) is 9.11. The highest BCUT2D eigenvalue weighted by Gasteiger charge is 2.24. The number of nitrogens with one attached hydrogen (secondary N) is 3. The van der Waals surface area contributed by atoms with E-state index in [2.05, 4.69) is 20.9 Å². The van der Waals surface area contributed by atoms with E-state index in [9.17, 15) is 14.4 Å². The highest BCUT2D eigenvalue weighted by atomic mass is 32.2. The van der Waals surface area contributed by atoms with Gasteiger partial charge in [-0.15, -0.1) is 23.1 Å². The van der Waals surface area contributed by atoms with Gasteiger partial charge in [-0.05, 0) is 91.4 Å². The Labute approximate surface area is 327 Å². The molecule has 55 heavy (non-hydrogen) atoms. The summed E-state index contributed by atoms with van der Waals surface area (Å²) >= 11 is 2.68. The number of amides is 3. The van der Waals surface area contributed by atoms with Crippen molar-refractivity contribution in [2.24, 2.45) is 0 Å². The predicted molar refractivity (Wildman–Crippen MR) is 219 cm³/mol. The number of rotatable bonds is 15. The normalized spacial score (nSPS) is 11.6. The number of anilines is 2. The second-order valence-corrected chi connectivity index (χ2v) is 13.9. The monoisotopic (exact) mass is 770 g/mol. The molecule has 3 amide bonds. The minimum absolute atomic E-state index is 0.0203. The first-order valence-electron chi connectivity index (χ1n) is 17.3. The molecule has 0 aliphatic carbocycles. The summed E-state index contributed by atoms with van der Waals surface area (Å²) in [4.78, 5) is 46.5. The van der Waals surface area contributed by atoms with Gasteiger partial charge in [0, 0.05) is 32.7 Å². The number of hydrogen-bond acceptors (Lipinski definition) is 9. The van der Waals surface area contributed by atoms with Crippen LogP contribution in [0.1, 0.15) is 33.7 Å². The SMILES string of the molecule is CCOc1ccc(-c2csc(NC(=O)C(Sc3cccc(NC(=O)/C(=C\c4cc(OC)ccc4OC)NC(=O)c4ccccc4)c3)c3ccccc3)n2)cc1. The first-order valence-corrected chi connectivity index (χ1v) is 19.0. The third kappa shape index (κ3) is 10.2. The molecule has 10 nitrogen and oxygen atoms in total. The standard InChI is InChI=1S/C43H38N4O6S2/c1-4-53-33-20-18-28(19-21-33)37-27-54-43(46-37)47-42(50)39(29-12-7-5-8-13-29)55-35-17-11-16-32(26-35)44-41(49)36(45-40(48)30-14-9-6-10-15-30)25-31-24-34(51-2)22-23-38(31)52-3/h5-27,39H,4H2,1-3H3,(H,44,49)(H,45,48)(H,46,47,50)/b36-25+. The molecule has 1 unspecified atom stereocenters. The third-order valence-corrected chi connectivity index (χ3v) is 10.2. The van der Waals surface area contributed by atoms with Crippen molar-refractivity contribution in [1.82, 2.24) is 10.3 Å². The molecule has 0 bridgehead atoms. The summed E-state index contributed by atoms with van der Waals surface area (Å²) in [7, 11) is 3.06. The van der Waals surface area contributed by atoms with Crippen LogP contribution in [0.2, 0.25) is 0 Å². The molecule has 0 aliphatic rings. The fourth-order valence-electron chi connectivity index (χ4n) is 5.46. The van der Waals surface area contributed by atoms with E-state index in [0.29, 0.717) is 40.1 Å². The molecule has 0 spiro atoms. The van der Waals surface area contributed by atoms with Gasteiger partial charge in [-0.3, -0.25) is 14.4 Å². The zero-order valence-electron chi connectivity index (χ0n) is 30.3. The van der Waals surface area contributed by atoms with Crippen LogP contribution < -0.4 is 30.2 Å². The Morgan fingerprint density at radius 1 is 0.800 bits per heavy atom. The largest absolute Gasteiger partial charge is 0.497 e. The van der Waals surface area contributed by atoms with Crippen LogP contribution in [0.25, 0.3) is 17.3 Å². The van der Waals surface area contributed by atoms with E-state index in [1.807, 2.05) is 73.0 Å². The lowest BCUT2D eigenvalue weighted by molar-refractivity contribution is -0.116. The number of thiazole rings is 1. The molecule has 5 aromatic carbocycles. The number of benzene rings is 5. The number of hydrogen-bond donors (Lipinski definition) is 3. The summed E-state index contributed by atoms with van der Waals surface area (Å²) in [5.41, 5.74) is 3.79. The van der Waals surface area contributed by atoms with E-state index in [1.54, 1.807) is 66.7 Å². The fraction of sp³-hybridized carbons (Fsp3) is 0.116. The molecule has 12 heteroatoms. The maximum absolute atomic E-state index is 13.9. The smallest absolute Gasteiger partial charge is 0.272 e. The zero-order chi connectivity index (χ0) is 38.6. The third-order valence-electron chi connectivity index (χ3n) is 8.15. The molecule has 3 N–H and O–H groups in total. The van der Waals surface area contributed by atoms with Crippen LogP contribution in [0.5, 0.6) is 17.2 Å². The summed E-state index contributed by atoms with van der Waals surface area (Å²) in [5.74, 6) is 0.526. The Hall–Kier alpha value is -6.37. The van der Waals surface area contributed by atoms with E-state index in [4.69, 9.17) is 14.2 Å². The van der Waals surface area contributed by atoms with Gasteiger partial charge in [0.05, 0.1) is 26.5 Å². The average Bonchev–Trinajstić information content (AvgIpc) is 3.69. The van der Waals surface area contributed by atoms with E-state index in [1.165, 1.54) is 43.4 Å². The molecule has 1 heterocycles. The molecule has 0 aliphatic heterocycles. The number of carbonyl (C=O) groups excluding carboxylic acids is 3. The van der Waals surface area contributed by atoms with Gasteiger partial charge in [-0.2, -0.15) is 0 Å². The maximum atomic E-state index is 13.9. The lowest BCUT2D eigenvalue weighted by atomic mass is 10.1. The first kappa shape index (κ1) is 38.4. The minimum Gasteiger partial charge on any atom is -0.497 e. The van der Waals surface area contributed by atoms with Crippen LogP contribution >= 0.6 is 23.1 Å². The molecule has 278 valence electrons. The lowest BCUT2D eigenvalue weighted by Gasteiger charge is -2.17. The Morgan fingerprint density at radius 3 is 2.24 bits per heavy atom. The van der Waals surface area contributed by atoms with Gasteiger partial charge in [0.2, 0.25) is 5.91 Å². The zero-order valence-corrected chi connectivity index (χ0v) is 31.9. The molecule has 1 aromatic heterocycles. The van der Waals surface area contributed by atoms with Crippen LogP contribution in [0.15, 0.2) is 143 Å². The van der Waals surface area contributed by atoms with E-state index < -0.39 is 17.1 Å². The molecule has 1 atom stereocenters. The van der Waals surface area contributed by atoms with Gasteiger partial charge in [-0.25, -0.2) is 4.98 Å². The van der Waals surface area contributed by atoms with Gasteiger partial charge < -0.3 is 30.2 Å². The molecule has 0 radical (unpaired) electrons. The van der Waals surface area contributed by atoms with Crippen molar-refractivity contribution in [3.8, 4) is 28.5 Å². The van der Waals surface area contributed by atoms with Crippen molar-refractivity contribution in [3.63, 3.8) is 0 Å². The van der Waals surface area contributed by atoms with Crippen molar-refractivity contribution in [2.75, 3.05) is 31.5 Å². The van der Waals surface area contributed by atoms with E-state index in [-0.39, 0.29) is 11.6 Å². The van der Waals surface area contributed by atoms with Crippen molar-refractivity contribution >= 4 is 57.7 Å². The minimum atomic E-state index is -0.647. The maximum Gasteiger partial charge on any atom is 0.272 e. The van der Waals surface area contributed by atoms with Crippen LogP contribution in [0.3, 0.4) is 0 Å². The summed E-state index contributed by atoms with van der Waals surface area (Å²) in [6, 6.07) is 38.1. The van der Waals surface area contributed by atoms with E-state index in [0.717, 1.165) is 27.5 Å². The highest BCUT2D eigenvalue weighted by molar-refractivity contribution is 8.00. The average molecular weight is 771 g/mol. The summed E-state index contributed by atoms with van der Waals surface area (Å²) < 4.78 is 16.5. The van der Waals surface area contributed by atoms with Gasteiger partial charge >= 0.3 is 0 Å². The highest BCUT2D eigenvalue weighted by Crippen LogP contribution is 2.38. The molecule has 0 fully saturated rings. The molecule has 0 saturated heterocycles. The topological polar surface area (TPSA) is 128 Å². The number of methoxy groups -OCH3 is 2. The Bertz CT molecular complexity index is 2280.